The lowest BCUT2D eigenvalue weighted by atomic mass is 10.0. The molecular weight excluding hydrogens is 416 g/mol. The molecule has 0 aliphatic carbocycles. The maximum absolute atomic E-state index is 12.5. The molecule has 0 saturated carbocycles. The number of ketones is 1. The summed E-state index contributed by atoms with van der Waals surface area (Å²) in [5, 5.41) is 5.08. The number of rotatable bonds is 10. The lowest BCUT2D eigenvalue weighted by molar-refractivity contribution is -0.116. The fourth-order valence-corrected chi connectivity index (χ4v) is 3.75. The average Bonchev–Trinajstić information content (AvgIpc) is 2.85. The number of hydrogen-bond acceptors (Lipinski definition) is 4. The maximum atomic E-state index is 12.5. The highest BCUT2D eigenvalue weighted by atomic mass is 16.5. The van der Waals surface area contributed by atoms with E-state index in [1.54, 1.807) is 31.3 Å². The molecule has 0 fully saturated rings. The number of fused-ring (bicyclic) bond motifs is 1. The Morgan fingerprint density at radius 1 is 0.818 bits per heavy atom. The fourth-order valence-electron chi connectivity index (χ4n) is 3.75. The zero-order valence-corrected chi connectivity index (χ0v) is 19.2. The monoisotopic (exact) mass is 446 g/mol. The SMILES string of the molecule is COC(=O)N(C)c1ccccc1NC(=O)CCCCCCC(=O)c1ccc2ccccc2c1. The molecule has 6 heteroatoms. The van der Waals surface area contributed by atoms with Crippen LogP contribution < -0.4 is 10.2 Å². The van der Waals surface area contributed by atoms with Crippen molar-refractivity contribution in [3.63, 3.8) is 0 Å². The molecule has 0 unspecified atom stereocenters. The predicted octanol–water partition coefficient (Wildman–Crippen LogP) is 6.20. The first-order valence-corrected chi connectivity index (χ1v) is 11.2. The van der Waals surface area contributed by atoms with Crippen LogP contribution in [0.1, 0.15) is 48.9 Å². The molecule has 3 rings (SSSR count). The predicted molar refractivity (Wildman–Crippen MR) is 132 cm³/mol. The number of benzene rings is 3. The van der Waals surface area contributed by atoms with Gasteiger partial charge < -0.3 is 10.1 Å². The zero-order valence-electron chi connectivity index (χ0n) is 19.2. The molecule has 1 N–H and O–H groups in total. The second-order valence-corrected chi connectivity index (χ2v) is 7.99. The largest absolute Gasteiger partial charge is 0.452 e. The third-order valence-corrected chi connectivity index (χ3v) is 5.62. The number of carbonyl (C=O) groups is 3. The smallest absolute Gasteiger partial charge is 0.413 e. The molecule has 0 spiro atoms. The molecule has 0 saturated heterocycles. The Balaban J connectivity index is 1.38. The molecule has 2 amide bonds. The third-order valence-electron chi connectivity index (χ3n) is 5.62. The first kappa shape index (κ1) is 24.0. The van der Waals surface area contributed by atoms with Crippen molar-refractivity contribution in [3.05, 3.63) is 72.3 Å². The Labute approximate surface area is 194 Å². The van der Waals surface area contributed by atoms with Crippen LogP contribution in [-0.2, 0) is 9.53 Å². The van der Waals surface area contributed by atoms with Crippen LogP contribution in [-0.4, -0.2) is 31.9 Å². The molecule has 0 aliphatic heterocycles. The van der Waals surface area contributed by atoms with Gasteiger partial charge >= 0.3 is 6.09 Å². The van der Waals surface area contributed by atoms with Gasteiger partial charge in [0.05, 0.1) is 18.5 Å². The van der Waals surface area contributed by atoms with Crippen LogP contribution in [0.15, 0.2) is 66.7 Å². The normalized spacial score (nSPS) is 10.6. The molecule has 3 aromatic carbocycles. The third kappa shape index (κ3) is 6.65. The summed E-state index contributed by atoms with van der Waals surface area (Å²) in [6, 6.07) is 21.0. The van der Waals surface area contributed by atoms with Gasteiger partial charge in [0.25, 0.3) is 0 Å². The van der Waals surface area contributed by atoms with E-state index >= 15 is 0 Å². The molecule has 3 aromatic rings. The minimum atomic E-state index is -0.505. The van der Waals surface area contributed by atoms with E-state index in [0.29, 0.717) is 24.2 Å². The number of nitrogens with one attached hydrogen (secondary N) is 1. The number of methoxy groups -OCH3 is 1. The molecule has 6 nitrogen and oxygen atoms in total. The molecule has 0 heterocycles. The summed E-state index contributed by atoms with van der Waals surface area (Å²) >= 11 is 0. The summed E-state index contributed by atoms with van der Waals surface area (Å²) in [6.45, 7) is 0. The highest BCUT2D eigenvalue weighted by Gasteiger charge is 2.15. The lowest BCUT2D eigenvalue weighted by Crippen LogP contribution is -2.27. The fraction of sp³-hybridized carbons (Fsp3) is 0.296. The van der Waals surface area contributed by atoms with E-state index in [0.717, 1.165) is 42.0 Å². The van der Waals surface area contributed by atoms with Crippen LogP contribution in [0.4, 0.5) is 16.2 Å². The zero-order chi connectivity index (χ0) is 23.6. The van der Waals surface area contributed by atoms with Crippen molar-refractivity contribution in [2.45, 2.75) is 38.5 Å². The Kier molecular flexibility index (Phi) is 8.58. The summed E-state index contributed by atoms with van der Waals surface area (Å²) in [5.41, 5.74) is 1.89. The van der Waals surface area contributed by atoms with Crippen molar-refractivity contribution in [2.24, 2.45) is 0 Å². The molecule has 0 aromatic heterocycles. The number of unbranched alkanes of at least 4 members (excludes halogenated alkanes) is 3. The second-order valence-electron chi connectivity index (χ2n) is 7.99. The number of carbonyl (C=O) groups excluding carboxylic acids is 3. The number of nitrogens with zero attached hydrogens (tertiary/aromatic N) is 1. The van der Waals surface area contributed by atoms with Crippen LogP contribution in [0, 0.1) is 0 Å². The molecule has 0 aliphatic rings. The van der Waals surface area contributed by atoms with E-state index in [4.69, 9.17) is 4.74 Å². The minimum absolute atomic E-state index is 0.104. The molecule has 0 radical (unpaired) electrons. The summed E-state index contributed by atoms with van der Waals surface area (Å²) in [6.07, 6.45) is 3.71. The standard InChI is InChI=1S/C27H30N2O4/c1-29(27(32)33-2)24-14-10-9-13-23(24)28-26(31)16-6-4-3-5-15-25(30)22-18-17-20-11-7-8-12-21(20)19-22/h7-14,17-19H,3-6,15-16H2,1-2H3,(H,28,31). The number of anilines is 2. The van der Waals surface area contributed by atoms with Gasteiger partial charge in [0.15, 0.2) is 5.78 Å². The highest BCUT2D eigenvalue weighted by molar-refractivity contribution is 6.00. The van der Waals surface area contributed by atoms with Gasteiger partial charge in [0.1, 0.15) is 0 Å². The van der Waals surface area contributed by atoms with Crippen molar-refractivity contribution in [3.8, 4) is 0 Å². The number of Topliss-reactive ketones (excluding diaryl/α,β-unsaturated/α-hetero) is 1. The van der Waals surface area contributed by atoms with Gasteiger partial charge in [-0.2, -0.15) is 0 Å². The van der Waals surface area contributed by atoms with Crippen LogP contribution in [0.2, 0.25) is 0 Å². The second kappa shape index (κ2) is 11.8. The summed E-state index contributed by atoms with van der Waals surface area (Å²) in [4.78, 5) is 38.0. The molecule has 33 heavy (non-hydrogen) atoms. The Bertz CT molecular complexity index is 1130. The van der Waals surface area contributed by atoms with E-state index in [9.17, 15) is 14.4 Å². The number of hydrogen-bond donors (Lipinski definition) is 1. The quantitative estimate of drug-likeness (QED) is 0.297. The number of ether oxygens (including phenoxy) is 1. The van der Waals surface area contributed by atoms with Gasteiger partial charge in [-0.05, 0) is 41.8 Å². The Morgan fingerprint density at radius 2 is 1.48 bits per heavy atom. The van der Waals surface area contributed by atoms with Crippen molar-refractivity contribution < 1.29 is 19.1 Å². The first-order chi connectivity index (χ1) is 16.0. The highest BCUT2D eigenvalue weighted by Crippen LogP contribution is 2.25. The van der Waals surface area contributed by atoms with Crippen LogP contribution in [0.5, 0.6) is 0 Å². The van der Waals surface area contributed by atoms with Crippen LogP contribution >= 0.6 is 0 Å². The van der Waals surface area contributed by atoms with Gasteiger partial charge in [-0.15, -0.1) is 0 Å². The van der Waals surface area contributed by atoms with E-state index in [-0.39, 0.29) is 11.7 Å². The van der Waals surface area contributed by atoms with Crippen molar-refractivity contribution in [2.75, 3.05) is 24.4 Å². The average molecular weight is 447 g/mol. The van der Waals surface area contributed by atoms with Crippen molar-refractivity contribution >= 4 is 39.9 Å². The lowest BCUT2D eigenvalue weighted by Gasteiger charge is -2.19. The number of para-hydroxylation sites is 2. The van der Waals surface area contributed by atoms with Gasteiger partial charge in [-0.25, -0.2) is 4.79 Å². The van der Waals surface area contributed by atoms with Crippen LogP contribution in [0.25, 0.3) is 10.8 Å². The van der Waals surface area contributed by atoms with Crippen LogP contribution in [0.3, 0.4) is 0 Å². The molecular formula is C27H30N2O4. The maximum Gasteiger partial charge on any atom is 0.413 e. The van der Waals surface area contributed by atoms with E-state index in [2.05, 4.69) is 5.32 Å². The van der Waals surface area contributed by atoms with Crippen molar-refractivity contribution in [1.29, 1.82) is 0 Å². The summed E-state index contributed by atoms with van der Waals surface area (Å²) in [5.74, 6) is 0.0535. The minimum Gasteiger partial charge on any atom is -0.452 e. The summed E-state index contributed by atoms with van der Waals surface area (Å²) in [7, 11) is 2.91. The van der Waals surface area contributed by atoms with E-state index in [1.807, 2.05) is 42.5 Å². The van der Waals surface area contributed by atoms with Gasteiger partial charge in [-0.1, -0.05) is 61.4 Å². The molecule has 0 atom stereocenters. The van der Waals surface area contributed by atoms with Gasteiger partial charge in [0, 0.05) is 25.5 Å². The number of amides is 2. The van der Waals surface area contributed by atoms with E-state index in [1.165, 1.54) is 12.0 Å². The first-order valence-electron chi connectivity index (χ1n) is 11.2. The van der Waals surface area contributed by atoms with Gasteiger partial charge in [-0.3, -0.25) is 14.5 Å². The van der Waals surface area contributed by atoms with E-state index < -0.39 is 6.09 Å². The topological polar surface area (TPSA) is 75.7 Å². The Hall–Kier alpha value is -3.67. The Morgan fingerprint density at radius 3 is 2.24 bits per heavy atom. The summed E-state index contributed by atoms with van der Waals surface area (Å²) < 4.78 is 4.74. The van der Waals surface area contributed by atoms with Gasteiger partial charge in [0.2, 0.25) is 5.91 Å². The molecule has 172 valence electrons. The van der Waals surface area contributed by atoms with Crippen molar-refractivity contribution in [1.82, 2.24) is 0 Å². The molecule has 0 bridgehead atoms.